The number of hydrogen-bond donors (Lipinski definition) is 2. The number of aryl methyl sites for hydroxylation is 2. The molecule has 104 valence electrons. The van der Waals surface area contributed by atoms with Crippen LogP contribution in [0.4, 0.5) is 0 Å². The Morgan fingerprint density at radius 2 is 1.25 bits per heavy atom. The first-order valence-electron chi connectivity index (χ1n) is 6.50. The molecule has 0 bridgehead atoms. The Balaban J connectivity index is 2.52. The average molecular weight is 270 g/mol. The van der Waals surface area contributed by atoms with E-state index in [0.29, 0.717) is 11.1 Å². The van der Waals surface area contributed by atoms with E-state index in [4.69, 9.17) is 5.11 Å². The highest BCUT2D eigenvalue weighted by molar-refractivity contribution is 5.70. The van der Waals surface area contributed by atoms with E-state index in [1.54, 1.807) is 24.3 Å². The van der Waals surface area contributed by atoms with Crippen LogP contribution in [0.5, 0.6) is 0 Å². The van der Waals surface area contributed by atoms with Crippen LogP contribution in [0, 0.1) is 13.8 Å². The van der Waals surface area contributed by atoms with E-state index in [9.17, 15) is 9.90 Å². The summed E-state index contributed by atoms with van der Waals surface area (Å²) >= 11 is 0. The molecule has 2 aromatic carbocycles. The summed E-state index contributed by atoms with van der Waals surface area (Å²) in [4.78, 5) is 11.1. The van der Waals surface area contributed by atoms with Crippen LogP contribution >= 0.6 is 0 Å². The lowest BCUT2D eigenvalue weighted by atomic mass is 9.83. The van der Waals surface area contributed by atoms with Gasteiger partial charge in [-0.3, -0.25) is 4.79 Å². The molecule has 0 aliphatic heterocycles. The average Bonchev–Trinajstić information content (AvgIpc) is 2.39. The number of benzene rings is 2. The fourth-order valence-electron chi connectivity index (χ4n) is 2.25. The van der Waals surface area contributed by atoms with Crippen molar-refractivity contribution < 1.29 is 15.0 Å². The van der Waals surface area contributed by atoms with Crippen molar-refractivity contribution in [3.63, 3.8) is 0 Å². The van der Waals surface area contributed by atoms with Crippen molar-refractivity contribution in [1.29, 1.82) is 0 Å². The first-order chi connectivity index (χ1) is 9.41. The molecule has 0 unspecified atom stereocenters. The van der Waals surface area contributed by atoms with Gasteiger partial charge in [0.2, 0.25) is 0 Å². The van der Waals surface area contributed by atoms with Crippen molar-refractivity contribution >= 4 is 5.97 Å². The van der Waals surface area contributed by atoms with Gasteiger partial charge >= 0.3 is 5.97 Å². The van der Waals surface area contributed by atoms with E-state index in [0.717, 1.165) is 11.1 Å². The minimum absolute atomic E-state index is 0.362. The Bertz CT molecular complexity index is 552. The molecule has 0 radical (unpaired) electrons. The number of rotatable bonds is 4. The molecule has 0 heterocycles. The Labute approximate surface area is 118 Å². The highest BCUT2D eigenvalue weighted by Crippen LogP contribution is 2.33. The molecule has 3 heteroatoms. The highest BCUT2D eigenvalue weighted by atomic mass is 16.4. The van der Waals surface area contributed by atoms with Crippen LogP contribution in [0.1, 0.15) is 28.7 Å². The predicted octanol–water partition coefficient (Wildman–Crippen LogP) is 3.01. The van der Waals surface area contributed by atoms with Crippen LogP contribution in [-0.4, -0.2) is 16.2 Å². The summed E-state index contributed by atoms with van der Waals surface area (Å²) in [5.41, 5.74) is 1.81. The summed E-state index contributed by atoms with van der Waals surface area (Å²) in [6, 6.07) is 14.6. The first-order valence-corrected chi connectivity index (χ1v) is 6.50. The zero-order valence-corrected chi connectivity index (χ0v) is 11.6. The quantitative estimate of drug-likeness (QED) is 0.898. The largest absolute Gasteiger partial charge is 0.481 e. The molecule has 3 nitrogen and oxygen atoms in total. The van der Waals surface area contributed by atoms with Gasteiger partial charge in [-0.25, -0.2) is 0 Å². The van der Waals surface area contributed by atoms with E-state index in [1.807, 2.05) is 38.1 Å². The fourth-order valence-corrected chi connectivity index (χ4v) is 2.25. The molecule has 2 rings (SSSR count). The zero-order chi connectivity index (χ0) is 14.8. The normalized spacial score (nSPS) is 11.3. The van der Waals surface area contributed by atoms with E-state index in [2.05, 4.69) is 0 Å². The smallest absolute Gasteiger partial charge is 0.306 e. The third-order valence-corrected chi connectivity index (χ3v) is 3.47. The minimum atomic E-state index is -1.51. The van der Waals surface area contributed by atoms with Gasteiger partial charge in [0.25, 0.3) is 0 Å². The summed E-state index contributed by atoms with van der Waals surface area (Å²) in [5, 5.41) is 20.0. The predicted molar refractivity (Wildman–Crippen MR) is 77.6 cm³/mol. The zero-order valence-electron chi connectivity index (χ0n) is 11.6. The monoisotopic (exact) mass is 270 g/mol. The maximum atomic E-state index is 11.1. The SMILES string of the molecule is Cc1ccc(C(O)(CC(=O)O)c2ccc(C)cc2)cc1. The number of carboxylic acids is 1. The van der Waals surface area contributed by atoms with Gasteiger partial charge in [-0.15, -0.1) is 0 Å². The lowest BCUT2D eigenvalue weighted by molar-refractivity contribution is -0.141. The van der Waals surface area contributed by atoms with Crippen molar-refractivity contribution in [3.05, 3.63) is 70.8 Å². The maximum Gasteiger partial charge on any atom is 0.306 e. The minimum Gasteiger partial charge on any atom is -0.481 e. The Morgan fingerprint density at radius 1 is 0.900 bits per heavy atom. The van der Waals surface area contributed by atoms with Crippen LogP contribution in [-0.2, 0) is 10.4 Å². The Kier molecular flexibility index (Phi) is 3.91. The van der Waals surface area contributed by atoms with Crippen LogP contribution < -0.4 is 0 Å². The lowest BCUT2D eigenvalue weighted by Crippen LogP contribution is -2.30. The molecule has 0 atom stereocenters. The summed E-state index contributed by atoms with van der Waals surface area (Å²) < 4.78 is 0. The third kappa shape index (κ3) is 2.89. The molecule has 0 amide bonds. The van der Waals surface area contributed by atoms with Gasteiger partial charge < -0.3 is 10.2 Å². The number of aliphatic carboxylic acids is 1. The summed E-state index contributed by atoms with van der Waals surface area (Å²) in [6.45, 7) is 3.90. The van der Waals surface area contributed by atoms with Crippen molar-refractivity contribution in [2.45, 2.75) is 25.9 Å². The lowest BCUT2D eigenvalue weighted by Gasteiger charge is -2.28. The van der Waals surface area contributed by atoms with Crippen LogP contribution in [0.15, 0.2) is 48.5 Å². The molecule has 0 aliphatic rings. The van der Waals surface area contributed by atoms with Gasteiger partial charge in [-0.05, 0) is 25.0 Å². The molecular weight excluding hydrogens is 252 g/mol. The van der Waals surface area contributed by atoms with E-state index in [-0.39, 0.29) is 6.42 Å². The molecule has 0 fully saturated rings. The highest BCUT2D eigenvalue weighted by Gasteiger charge is 2.34. The van der Waals surface area contributed by atoms with Crippen molar-refractivity contribution in [2.75, 3.05) is 0 Å². The standard InChI is InChI=1S/C17H18O3/c1-12-3-7-14(8-4-12)17(20,11-16(18)19)15-9-5-13(2)6-10-15/h3-10,20H,11H2,1-2H3,(H,18,19). The van der Waals surface area contributed by atoms with Gasteiger partial charge in [0.1, 0.15) is 5.60 Å². The fraction of sp³-hybridized carbons (Fsp3) is 0.235. The summed E-state index contributed by atoms with van der Waals surface area (Å²) in [6.07, 6.45) is -0.362. The molecule has 0 aliphatic carbocycles. The first kappa shape index (κ1) is 14.3. The molecule has 0 spiro atoms. The molecule has 20 heavy (non-hydrogen) atoms. The molecule has 0 aromatic heterocycles. The molecule has 0 saturated carbocycles. The van der Waals surface area contributed by atoms with Gasteiger partial charge in [-0.1, -0.05) is 59.7 Å². The number of aliphatic hydroxyl groups is 1. The number of carboxylic acid groups (broad SMARTS) is 1. The van der Waals surface area contributed by atoms with Crippen molar-refractivity contribution in [3.8, 4) is 0 Å². The maximum absolute atomic E-state index is 11.1. The second-order valence-electron chi connectivity index (χ2n) is 5.16. The third-order valence-electron chi connectivity index (χ3n) is 3.47. The molecule has 2 aromatic rings. The van der Waals surface area contributed by atoms with Crippen LogP contribution in [0.3, 0.4) is 0 Å². The Hall–Kier alpha value is -2.13. The van der Waals surface area contributed by atoms with Crippen LogP contribution in [0.2, 0.25) is 0 Å². The molecule has 2 N–H and O–H groups in total. The number of carbonyl (C=O) groups is 1. The summed E-state index contributed by atoms with van der Waals surface area (Å²) in [7, 11) is 0. The molecule has 0 saturated heterocycles. The molecular formula is C17H18O3. The van der Waals surface area contributed by atoms with Gasteiger partial charge in [0, 0.05) is 0 Å². The summed E-state index contributed by atoms with van der Waals surface area (Å²) in [5.74, 6) is -1.03. The second kappa shape index (κ2) is 5.47. The van der Waals surface area contributed by atoms with Gasteiger partial charge in [0.15, 0.2) is 0 Å². The van der Waals surface area contributed by atoms with Gasteiger partial charge in [0.05, 0.1) is 6.42 Å². The van der Waals surface area contributed by atoms with Crippen LogP contribution in [0.25, 0.3) is 0 Å². The van der Waals surface area contributed by atoms with Crippen molar-refractivity contribution in [1.82, 2.24) is 0 Å². The van der Waals surface area contributed by atoms with E-state index in [1.165, 1.54) is 0 Å². The topological polar surface area (TPSA) is 57.5 Å². The van der Waals surface area contributed by atoms with Crippen molar-refractivity contribution in [2.24, 2.45) is 0 Å². The second-order valence-corrected chi connectivity index (χ2v) is 5.16. The van der Waals surface area contributed by atoms with E-state index < -0.39 is 11.6 Å². The van der Waals surface area contributed by atoms with Gasteiger partial charge in [-0.2, -0.15) is 0 Å². The van der Waals surface area contributed by atoms with E-state index >= 15 is 0 Å². The number of hydrogen-bond acceptors (Lipinski definition) is 2. The Morgan fingerprint density at radius 3 is 1.55 bits per heavy atom.